The third kappa shape index (κ3) is 1.50. The number of nitrogens with two attached hydrogens (primary N) is 2. The quantitative estimate of drug-likeness (QED) is 0.720. The summed E-state index contributed by atoms with van der Waals surface area (Å²) in [6.07, 6.45) is 2.11. The maximum absolute atomic E-state index is 6.24. The van der Waals surface area contributed by atoms with E-state index in [1.54, 1.807) is 0 Å². The van der Waals surface area contributed by atoms with Gasteiger partial charge in [0, 0.05) is 29.5 Å². The molecule has 2 aliphatic rings. The molecule has 3 nitrogen and oxygen atoms in total. The molecule has 4 rings (SSSR count). The lowest BCUT2D eigenvalue weighted by molar-refractivity contribution is 0.228. The van der Waals surface area contributed by atoms with Crippen molar-refractivity contribution in [3.63, 3.8) is 0 Å². The molecule has 1 heterocycles. The lowest BCUT2D eigenvalue weighted by atomic mass is 9.76. The average Bonchev–Trinajstić information content (AvgIpc) is 2.42. The van der Waals surface area contributed by atoms with Crippen molar-refractivity contribution < 1.29 is 0 Å². The molecule has 102 valence electrons. The number of nitrogens with zero attached hydrogens (tertiary/aromatic N) is 1. The van der Waals surface area contributed by atoms with Crippen molar-refractivity contribution >= 4 is 11.4 Å². The summed E-state index contributed by atoms with van der Waals surface area (Å²) in [6.45, 7) is 1.10. The summed E-state index contributed by atoms with van der Waals surface area (Å²) in [4.78, 5) is 2.45. The van der Waals surface area contributed by atoms with Crippen molar-refractivity contribution in [2.75, 3.05) is 25.1 Å². The maximum Gasteiger partial charge on any atom is 0.0396 e. The van der Waals surface area contributed by atoms with Gasteiger partial charge >= 0.3 is 0 Å². The number of hydrogen-bond acceptors (Lipinski definition) is 3. The van der Waals surface area contributed by atoms with Crippen molar-refractivity contribution in [2.24, 2.45) is 0 Å². The largest absolute Gasteiger partial charge is 0.399 e. The van der Waals surface area contributed by atoms with Crippen molar-refractivity contribution in [3.05, 3.63) is 47.0 Å². The minimum Gasteiger partial charge on any atom is -0.399 e. The van der Waals surface area contributed by atoms with Crippen LogP contribution in [0, 0.1) is 0 Å². The van der Waals surface area contributed by atoms with Crippen LogP contribution < -0.4 is 11.5 Å². The molecule has 2 aromatic carbocycles. The van der Waals surface area contributed by atoms with Gasteiger partial charge < -0.3 is 11.5 Å². The monoisotopic (exact) mass is 265 g/mol. The molecule has 0 bridgehead atoms. The number of fused-ring (bicyclic) bond motifs is 2. The lowest BCUT2D eigenvalue weighted by Gasteiger charge is -2.40. The SMILES string of the molecule is CN1CCc2cc(N)cc3c2C1Cc1cccc(N)c1-3. The van der Waals surface area contributed by atoms with Crippen LogP contribution in [0.25, 0.3) is 11.1 Å². The molecule has 4 N–H and O–H groups in total. The molecule has 0 aromatic heterocycles. The van der Waals surface area contributed by atoms with Crippen molar-refractivity contribution in [2.45, 2.75) is 18.9 Å². The van der Waals surface area contributed by atoms with Crippen molar-refractivity contribution in [1.82, 2.24) is 4.90 Å². The number of hydrogen-bond donors (Lipinski definition) is 2. The van der Waals surface area contributed by atoms with Crippen LogP contribution >= 0.6 is 0 Å². The first-order valence-electron chi connectivity index (χ1n) is 7.15. The normalized spacial score (nSPS) is 20.4. The highest BCUT2D eigenvalue weighted by Gasteiger charge is 2.33. The summed E-state index contributed by atoms with van der Waals surface area (Å²) < 4.78 is 0. The Kier molecular flexibility index (Phi) is 2.36. The van der Waals surface area contributed by atoms with Crippen LogP contribution in [0.4, 0.5) is 11.4 Å². The van der Waals surface area contributed by atoms with E-state index in [4.69, 9.17) is 11.5 Å². The van der Waals surface area contributed by atoms with E-state index in [0.29, 0.717) is 6.04 Å². The van der Waals surface area contributed by atoms with Crippen LogP contribution in [0.5, 0.6) is 0 Å². The Bertz CT molecular complexity index is 706. The van der Waals surface area contributed by atoms with Crippen LogP contribution in [-0.4, -0.2) is 18.5 Å². The second-order valence-electron chi connectivity index (χ2n) is 5.97. The average molecular weight is 265 g/mol. The summed E-state index contributed by atoms with van der Waals surface area (Å²) >= 11 is 0. The van der Waals surface area contributed by atoms with E-state index >= 15 is 0 Å². The molecule has 1 aliphatic heterocycles. The van der Waals surface area contributed by atoms with Crippen molar-refractivity contribution in [1.29, 1.82) is 0 Å². The Morgan fingerprint density at radius 1 is 1.15 bits per heavy atom. The molecule has 3 heteroatoms. The molecule has 0 amide bonds. The zero-order valence-electron chi connectivity index (χ0n) is 11.7. The van der Waals surface area contributed by atoms with Gasteiger partial charge in [-0.25, -0.2) is 0 Å². The first-order valence-corrected chi connectivity index (χ1v) is 7.15. The highest BCUT2D eigenvalue weighted by atomic mass is 15.1. The van der Waals surface area contributed by atoms with E-state index in [1.807, 2.05) is 6.07 Å². The smallest absolute Gasteiger partial charge is 0.0396 e. The van der Waals surface area contributed by atoms with Gasteiger partial charge in [0.15, 0.2) is 0 Å². The van der Waals surface area contributed by atoms with Gasteiger partial charge in [-0.05, 0) is 60.3 Å². The van der Waals surface area contributed by atoms with Gasteiger partial charge in [-0.1, -0.05) is 12.1 Å². The Labute approximate surface area is 119 Å². The van der Waals surface area contributed by atoms with E-state index < -0.39 is 0 Å². The Balaban J connectivity index is 2.07. The molecule has 1 atom stereocenters. The Hall–Kier alpha value is -2.00. The van der Waals surface area contributed by atoms with Gasteiger partial charge in [-0.3, -0.25) is 4.90 Å². The third-order valence-corrected chi connectivity index (χ3v) is 4.75. The minimum absolute atomic E-state index is 0.462. The van der Waals surface area contributed by atoms with Crippen LogP contribution in [-0.2, 0) is 12.8 Å². The molecule has 0 fully saturated rings. The fourth-order valence-electron chi connectivity index (χ4n) is 3.80. The maximum atomic E-state index is 6.24. The van der Waals surface area contributed by atoms with Gasteiger partial charge in [-0.15, -0.1) is 0 Å². The molecule has 1 unspecified atom stereocenters. The van der Waals surface area contributed by atoms with Gasteiger partial charge in [0.2, 0.25) is 0 Å². The van der Waals surface area contributed by atoms with E-state index in [1.165, 1.54) is 27.8 Å². The summed E-state index contributed by atoms with van der Waals surface area (Å²) in [6, 6.07) is 10.9. The fourth-order valence-corrected chi connectivity index (χ4v) is 3.80. The molecule has 0 saturated heterocycles. The predicted octanol–water partition coefficient (Wildman–Crippen LogP) is 2.60. The number of nitrogen functional groups attached to an aromatic ring is 2. The second-order valence-corrected chi connectivity index (χ2v) is 5.97. The molecular formula is C17H19N3. The Morgan fingerprint density at radius 2 is 2.00 bits per heavy atom. The van der Waals surface area contributed by atoms with Gasteiger partial charge in [-0.2, -0.15) is 0 Å². The van der Waals surface area contributed by atoms with E-state index in [-0.39, 0.29) is 0 Å². The number of anilines is 2. The molecular weight excluding hydrogens is 246 g/mol. The summed E-state index contributed by atoms with van der Waals surface area (Å²) in [5.74, 6) is 0. The highest BCUT2D eigenvalue weighted by Crippen LogP contribution is 2.47. The Morgan fingerprint density at radius 3 is 2.85 bits per heavy atom. The standard InChI is InChI=1S/C17H19N3/c1-20-6-5-11-7-12(18)9-13-16-10(3-2-4-14(16)19)8-15(20)17(11)13/h2-4,7,9,15H,5-6,8,18-19H2,1H3. The number of rotatable bonds is 0. The van der Waals surface area contributed by atoms with E-state index in [9.17, 15) is 0 Å². The van der Waals surface area contributed by atoms with Crippen LogP contribution in [0.3, 0.4) is 0 Å². The zero-order chi connectivity index (χ0) is 13.9. The second kappa shape index (κ2) is 4.00. The first-order chi connectivity index (χ1) is 9.65. The zero-order valence-corrected chi connectivity index (χ0v) is 11.7. The molecule has 0 radical (unpaired) electrons. The van der Waals surface area contributed by atoms with Crippen molar-refractivity contribution in [3.8, 4) is 11.1 Å². The van der Waals surface area contributed by atoms with Gasteiger partial charge in [0.25, 0.3) is 0 Å². The number of benzene rings is 2. The molecule has 2 aromatic rings. The first kappa shape index (κ1) is 11.8. The molecule has 1 aliphatic carbocycles. The highest BCUT2D eigenvalue weighted by molar-refractivity contribution is 5.86. The predicted molar refractivity (Wildman–Crippen MR) is 83.5 cm³/mol. The third-order valence-electron chi connectivity index (χ3n) is 4.75. The van der Waals surface area contributed by atoms with Crippen LogP contribution in [0.15, 0.2) is 30.3 Å². The van der Waals surface area contributed by atoms with E-state index in [2.05, 4.69) is 36.2 Å². The fraction of sp³-hybridized carbons (Fsp3) is 0.294. The topological polar surface area (TPSA) is 55.3 Å². The molecule has 20 heavy (non-hydrogen) atoms. The van der Waals surface area contributed by atoms with E-state index in [0.717, 1.165) is 30.8 Å². The summed E-state index contributed by atoms with van der Waals surface area (Å²) in [5, 5.41) is 0. The molecule has 0 saturated carbocycles. The lowest BCUT2D eigenvalue weighted by Crippen LogP contribution is -2.35. The minimum atomic E-state index is 0.462. The molecule has 0 spiro atoms. The van der Waals surface area contributed by atoms with Gasteiger partial charge in [0.05, 0.1) is 0 Å². The van der Waals surface area contributed by atoms with Crippen LogP contribution in [0.2, 0.25) is 0 Å². The number of likely N-dealkylation sites (N-methyl/N-ethyl adjacent to an activating group) is 1. The summed E-state index contributed by atoms with van der Waals surface area (Å²) in [7, 11) is 2.21. The summed E-state index contributed by atoms with van der Waals surface area (Å²) in [5.41, 5.74) is 20.7. The van der Waals surface area contributed by atoms with Crippen LogP contribution in [0.1, 0.15) is 22.7 Å². The van der Waals surface area contributed by atoms with Gasteiger partial charge in [0.1, 0.15) is 0 Å².